The summed E-state index contributed by atoms with van der Waals surface area (Å²) in [5, 5.41) is 15.3. The number of benzene rings is 1. The van der Waals surface area contributed by atoms with E-state index in [4.69, 9.17) is 4.74 Å². The number of rotatable bonds is 10. The van der Waals surface area contributed by atoms with Crippen LogP contribution >= 0.6 is 0 Å². The third kappa shape index (κ3) is 8.11. The van der Waals surface area contributed by atoms with Crippen LogP contribution in [0.4, 0.5) is 4.79 Å². The number of alkyl carbamates (subject to hydrolysis) is 1. The van der Waals surface area contributed by atoms with Gasteiger partial charge in [-0.1, -0.05) is 31.9 Å². The maximum atomic E-state index is 13.1. The van der Waals surface area contributed by atoms with Crippen molar-refractivity contribution in [1.82, 2.24) is 15.5 Å². The molecule has 0 radical (unpaired) electrons. The smallest absolute Gasteiger partial charge is 0.408 e. The van der Waals surface area contributed by atoms with E-state index in [0.717, 1.165) is 32.1 Å². The molecule has 31 heavy (non-hydrogen) atoms. The van der Waals surface area contributed by atoms with Gasteiger partial charge in [-0.2, -0.15) is 0 Å². The highest BCUT2D eigenvalue weighted by Crippen LogP contribution is 2.35. The minimum absolute atomic E-state index is 0.0244. The number of carbonyl (C=O) groups excluding carboxylic acids is 3. The molecular weight excluding hydrogens is 398 g/mol. The Morgan fingerprint density at radius 2 is 1.90 bits per heavy atom. The summed E-state index contributed by atoms with van der Waals surface area (Å²) in [5.41, 5.74) is -0.142. The van der Waals surface area contributed by atoms with E-state index in [0.29, 0.717) is 12.1 Å². The Bertz CT molecular complexity index is 771. The molecule has 172 valence electrons. The third-order valence-electron chi connectivity index (χ3n) is 4.80. The van der Waals surface area contributed by atoms with Gasteiger partial charge in [0.1, 0.15) is 23.9 Å². The molecule has 1 aliphatic rings. The van der Waals surface area contributed by atoms with E-state index in [1.807, 2.05) is 0 Å². The monoisotopic (exact) mass is 433 g/mol. The van der Waals surface area contributed by atoms with Crippen LogP contribution < -0.4 is 10.6 Å². The molecule has 0 aromatic heterocycles. The van der Waals surface area contributed by atoms with E-state index in [1.165, 1.54) is 17.0 Å². The van der Waals surface area contributed by atoms with Gasteiger partial charge in [0.05, 0.1) is 0 Å². The third-order valence-corrected chi connectivity index (χ3v) is 4.80. The number of nitrogens with zero attached hydrogens (tertiary/aromatic N) is 1. The lowest BCUT2D eigenvalue weighted by Gasteiger charge is -2.32. The van der Waals surface area contributed by atoms with Crippen LogP contribution in [0.1, 0.15) is 71.4 Å². The van der Waals surface area contributed by atoms with Crippen LogP contribution in [0.5, 0.6) is 5.75 Å². The van der Waals surface area contributed by atoms with E-state index in [-0.39, 0.29) is 30.2 Å². The zero-order chi connectivity index (χ0) is 23.0. The average Bonchev–Trinajstić information content (AvgIpc) is 3.51. The van der Waals surface area contributed by atoms with Gasteiger partial charge in [0.25, 0.3) is 0 Å². The lowest BCUT2D eigenvalue weighted by molar-refractivity contribution is -0.140. The predicted octanol–water partition coefficient (Wildman–Crippen LogP) is 3.26. The van der Waals surface area contributed by atoms with Crippen LogP contribution in [-0.2, 0) is 14.3 Å². The Morgan fingerprint density at radius 1 is 1.19 bits per heavy atom. The molecule has 3 N–H and O–H groups in total. The first-order valence-electron chi connectivity index (χ1n) is 11.0. The van der Waals surface area contributed by atoms with E-state index in [1.54, 1.807) is 32.9 Å². The summed E-state index contributed by atoms with van der Waals surface area (Å²) in [6.07, 6.45) is 3.78. The molecule has 1 atom stereocenters. The molecule has 2 rings (SSSR count). The molecule has 0 saturated heterocycles. The minimum Gasteiger partial charge on any atom is -0.508 e. The Hall–Kier alpha value is -2.77. The summed E-state index contributed by atoms with van der Waals surface area (Å²) in [4.78, 5) is 39.7. The lowest BCUT2D eigenvalue weighted by Crippen LogP contribution is -2.49. The van der Waals surface area contributed by atoms with Crippen LogP contribution in [0.2, 0.25) is 0 Å². The first kappa shape index (κ1) is 24.5. The molecule has 0 heterocycles. The van der Waals surface area contributed by atoms with Gasteiger partial charge in [-0.05, 0) is 57.7 Å². The van der Waals surface area contributed by atoms with Crippen LogP contribution in [0.25, 0.3) is 0 Å². The second kappa shape index (κ2) is 11.0. The summed E-state index contributed by atoms with van der Waals surface area (Å²) in [6.45, 7) is 7.56. The van der Waals surface area contributed by atoms with Crippen molar-refractivity contribution >= 4 is 17.9 Å². The molecule has 1 aromatic rings. The molecule has 1 fully saturated rings. The van der Waals surface area contributed by atoms with E-state index < -0.39 is 17.7 Å². The number of ether oxygens (including phenoxy) is 1. The number of phenols is 1. The number of hydrogen-bond acceptors (Lipinski definition) is 5. The van der Waals surface area contributed by atoms with Gasteiger partial charge in [0.2, 0.25) is 11.8 Å². The van der Waals surface area contributed by atoms with Gasteiger partial charge in [-0.15, -0.1) is 0 Å². The van der Waals surface area contributed by atoms with Crippen molar-refractivity contribution in [1.29, 1.82) is 0 Å². The highest BCUT2D eigenvalue weighted by molar-refractivity contribution is 5.91. The van der Waals surface area contributed by atoms with Gasteiger partial charge in [0.15, 0.2) is 0 Å². The predicted molar refractivity (Wildman–Crippen MR) is 117 cm³/mol. The number of hydrogen-bond donors (Lipinski definition) is 3. The quantitative estimate of drug-likeness (QED) is 0.491. The van der Waals surface area contributed by atoms with Gasteiger partial charge < -0.3 is 25.4 Å². The Balaban J connectivity index is 2.18. The van der Waals surface area contributed by atoms with Crippen LogP contribution in [0, 0.1) is 0 Å². The fourth-order valence-corrected chi connectivity index (χ4v) is 3.28. The second-order valence-corrected chi connectivity index (χ2v) is 8.88. The van der Waals surface area contributed by atoms with Crippen molar-refractivity contribution in [3.63, 3.8) is 0 Å². The molecule has 1 aromatic carbocycles. The van der Waals surface area contributed by atoms with E-state index in [9.17, 15) is 19.5 Å². The van der Waals surface area contributed by atoms with Crippen molar-refractivity contribution in [2.24, 2.45) is 0 Å². The number of carbonyl (C=O) groups is 3. The van der Waals surface area contributed by atoms with Gasteiger partial charge in [-0.25, -0.2) is 4.79 Å². The molecule has 3 amide bonds. The summed E-state index contributed by atoms with van der Waals surface area (Å²) in [5.74, 6) is -0.638. The fourth-order valence-electron chi connectivity index (χ4n) is 3.28. The van der Waals surface area contributed by atoms with Gasteiger partial charge in [0, 0.05) is 12.6 Å². The van der Waals surface area contributed by atoms with Crippen LogP contribution in [0.15, 0.2) is 24.3 Å². The molecule has 0 aliphatic heterocycles. The Labute approximate surface area is 184 Å². The maximum absolute atomic E-state index is 13.1. The summed E-state index contributed by atoms with van der Waals surface area (Å²) >= 11 is 0. The minimum atomic E-state index is -0.880. The lowest BCUT2D eigenvalue weighted by atomic mass is 10.0. The van der Waals surface area contributed by atoms with E-state index >= 15 is 0 Å². The first-order valence-corrected chi connectivity index (χ1v) is 11.0. The normalized spacial score (nSPS) is 14.5. The second-order valence-electron chi connectivity index (χ2n) is 8.88. The van der Waals surface area contributed by atoms with Crippen molar-refractivity contribution in [2.75, 3.05) is 13.1 Å². The zero-order valence-electron chi connectivity index (χ0n) is 18.9. The van der Waals surface area contributed by atoms with Crippen molar-refractivity contribution in [3.8, 4) is 5.75 Å². The standard InChI is InChI=1S/C23H35N3O5/c1-5-6-7-13-24-21(29)20(16-9-8-10-18(27)14-16)26(17-11-12-17)19(28)15-25-22(30)31-23(2,3)4/h8-10,14,17,20,27H,5-7,11-13,15H2,1-4H3,(H,24,29)(H,25,30). The molecule has 1 unspecified atom stereocenters. The van der Waals surface area contributed by atoms with Crippen LogP contribution in [-0.4, -0.2) is 52.6 Å². The van der Waals surface area contributed by atoms with Gasteiger partial charge in [-0.3, -0.25) is 9.59 Å². The summed E-state index contributed by atoms with van der Waals surface area (Å²) in [7, 11) is 0. The zero-order valence-corrected chi connectivity index (χ0v) is 18.9. The molecular formula is C23H35N3O5. The van der Waals surface area contributed by atoms with Gasteiger partial charge >= 0.3 is 6.09 Å². The number of nitrogens with one attached hydrogen (secondary N) is 2. The SMILES string of the molecule is CCCCCNC(=O)C(c1cccc(O)c1)N(C(=O)CNC(=O)OC(C)(C)C)C1CC1. The number of phenolic OH excluding ortho intramolecular Hbond substituents is 1. The molecule has 1 aliphatic carbocycles. The number of aromatic hydroxyl groups is 1. The highest BCUT2D eigenvalue weighted by Gasteiger charge is 2.41. The Morgan fingerprint density at radius 3 is 2.48 bits per heavy atom. The molecule has 0 spiro atoms. The van der Waals surface area contributed by atoms with Crippen molar-refractivity contribution in [3.05, 3.63) is 29.8 Å². The summed E-state index contributed by atoms with van der Waals surface area (Å²) in [6, 6.07) is 5.43. The molecule has 1 saturated carbocycles. The molecule has 0 bridgehead atoms. The van der Waals surface area contributed by atoms with E-state index in [2.05, 4.69) is 17.6 Å². The number of amides is 3. The summed E-state index contributed by atoms with van der Waals surface area (Å²) < 4.78 is 5.20. The molecule has 8 heteroatoms. The number of unbranched alkanes of at least 4 members (excludes halogenated alkanes) is 2. The molecule has 8 nitrogen and oxygen atoms in total. The van der Waals surface area contributed by atoms with Crippen molar-refractivity contribution in [2.45, 2.75) is 77.5 Å². The average molecular weight is 434 g/mol. The maximum Gasteiger partial charge on any atom is 0.408 e. The largest absolute Gasteiger partial charge is 0.508 e. The highest BCUT2D eigenvalue weighted by atomic mass is 16.6. The fraction of sp³-hybridized carbons (Fsp3) is 0.609. The van der Waals surface area contributed by atoms with Crippen molar-refractivity contribution < 1.29 is 24.2 Å². The first-order chi connectivity index (χ1) is 14.6. The Kier molecular flexibility index (Phi) is 8.71. The van der Waals surface area contributed by atoms with Crippen LogP contribution in [0.3, 0.4) is 0 Å². The topological polar surface area (TPSA) is 108 Å².